The Morgan fingerprint density at radius 2 is 1.52 bits per heavy atom. The van der Waals surface area contributed by atoms with E-state index in [1.807, 2.05) is 35.2 Å². The SMILES string of the molecule is CC(=O)Nc1ccc(C2N=C(N)N=C(N)N2CCCCc2ccccc2)cc1.O=[N+]([O-])c1cc([N+](=O)[O-])c(O)c([N+](=O)[O-])c1. The van der Waals surface area contributed by atoms with Crippen LogP contribution in [-0.2, 0) is 11.2 Å². The number of phenols is 1. The van der Waals surface area contributed by atoms with E-state index in [4.69, 9.17) is 16.6 Å². The highest BCUT2D eigenvalue weighted by Crippen LogP contribution is 2.39. The first-order valence-electron chi connectivity index (χ1n) is 13.0. The summed E-state index contributed by atoms with van der Waals surface area (Å²) in [5.41, 5.74) is 12.0. The molecule has 3 aromatic carbocycles. The van der Waals surface area contributed by atoms with Gasteiger partial charge in [-0.3, -0.25) is 35.1 Å². The van der Waals surface area contributed by atoms with Crippen molar-refractivity contribution in [1.29, 1.82) is 0 Å². The van der Waals surface area contributed by atoms with Crippen LogP contribution in [0.1, 0.15) is 37.1 Å². The third kappa shape index (κ3) is 8.68. The summed E-state index contributed by atoms with van der Waals surface area (Å²) >= 11 is 0. The van der Waals surface area contributed by atoms with Gasteiger partial charge in [-0.25, -0.2) is 4.99 Å². The van der Waals surface area contributed by atoms with Crippen LogP contribution in [-0.4, -0.2) is 49.1 Å². The molecule has 0 aliphatic carbocycles. The lowest BCUT2D eigenvalue weighted by Crippen LogP contribution is -2.44. The summed E-state index contributed by atoms with van der Waals surface area (Å²) in [7, 11) is 0. The number of aryl methyl sites for hydroxylation is 1. The molecule has 17 heteroatoms. The zero-order chi connectivity index (χ0) is 32.4. The number of hydrogen-bond donors (Lipinski definition) is 4. The number of nitro benzene ring substituents is 3. The number of aliphatic imine (C=N–C) groups is 2. The first-order valence-corrected chi connectivity index (χ1v) is 13.0. The van der Waals surface area contributed by atoms with Crippen LogP contribution in [0, 0.1) is 30.3 Å². The number of carbonyl (C=O) groups excluding carboxylic acids is 1. The van der Waals surface area contributed by atoms with Gasteiger partial charge in [-0.05, 0) is 42.5 Å². The molecule has 1 unspecified atom stereocenters. The number of carbonyl (C=O) groups is 1. The highest BCUT2D eigenvalue weighted by atomic mass is 16.6. The van der Waals surface area contributed by atoms with Crippen molar-refractivity contribution in [1.82, 2.24) is 4.90 Å². The van der Waals surface area contributed by atoms with Crippen molar-refractivity contribution in [2.75, 3.05) is 11.9 Å². The predicted molar refractivity (Wildman–Crippen MR) is 161 cm³/mol. The van der Waals surface area contributed by atoms with Gasteiger partial charge in [-0.15, -0.1) is 0 Å². The number of amides is 1. The summed E-state index contributed by atoms with van der Waals surface area (Å²) in [6.45, 7) is 2.21. The number of rotatable bonds is 10. The fraction of sp³-hybridized carbons (Fsp3) is 0.222. The average molecular weight is 608 g/mol. The quantitative estimate of drug-likeness (QED) is 0.146. The molecule has 1 aliphatic heterocycles. The number of nitrogens with zero attached hydrogens (tertiary/aromatic N) is 6. The molecule has 4 rings (SSSR count). The van der Waals surface area contributed by atoms with Crippen LogP contribution < -0.4 is 16.8 Å². The number of benzene rings is 3. The monoisotopic (exact) mass is 607 g/mol. The number of nitro groups is 3. The molecule has 6 N–H and O–H groups in total. The molecular formula is C27H29N9O8. The molecule has 1 heterocycles. The first-order chi connectivity index (χ1) is 20.9. The van der Waals surface area contributed by atoms with E-state index >= 15 is 0 Å². The molecule has 44 heavy (non-hydrogen) atoms. The number of unbranched alkanes of at least 4 members (excludes halogenated alkanes) is 1. The lowest BCUT2D eigenvalue weighted by atomic mass is 10.1. The Morgan fingerprint density at radius 3 is 2.05 bits per heavy atom. The summed E-state index contributed by atoms with van der Waals surface area (Å²) < 4.78 is 0. The van der Waals surface area contributed by atoms with Crippen LogP contribution in [0.25, 0.3) is 0 Å². The first kappa shape index (κ1) is 32.4. The largest absolute Gasteiger partial charge is 0.497 e. The number of nitrogens with two attached hydrogens (primary N) is 2. The molecule has 0 fully saturated rings. The van der Waals surface area contributed by atoms with Gasteiger partial charge >= 0.3 is 11.4 Å². The van der Waals surface area contributed by atoms with Crippen LogP contribution in [0.5, 0.6) is 5.75 Å². The number of anilines is 1. The number of non-ortho nitro benzene ring substituents is 1. The second-order valence-electron chi connectivity index (χ2n) is 9.37. The van der Waals surface area contributed by atoms with Gasteiger partial charge in [0.2, 0.25) is 17.8 Å². The van der Waals surface area contributed by atoms with Crippen molar-refractivity contribution in [3.63, 3.8) is 0 Å². The van der Waals surface area contributed by atoms with Crippen molar-refractivity contribution in [2.45, 2.75) is 32.4 Å². The molecule has 17 nitrogen and oxygen atoms in total. The van der Waals surface area contributed by atoms with Crippen molar-refractivity contribution in [3.05, 3.63) is 108 Å². The topological polar surface area (TPSA) is 259 Å². The zero-order valence-electron chi connectivity index (χ0n) is 23.4. The molecule has 1 amide bonds. The molecule has 230 valence electrons. The summed E-state index contributed by atoms with van der Waals surface area (Å²) in [5, 5.41) is 43.0. The van der Waals surface area contributed by atoms with E-state index in [-0.39, 0.29) is 18.0 Å². The number of phenolic OH excluding ortho intramolecular Hbond substituents is 1. The number of nitrogens with one attached hydrogen (secondary N) is 1. The van der Waals surface area contributed by atoms with Gasteiger partial charge < -0.3 is 26.8 Å². The smallest absolute Gasteiger partial charge is 0.324 e. The van der Waals surface area contributed by atoms with Crippen LogP contribution in [0.2, 0.25) is 0 Å². The molecule has 1 aliphatic rings. The molecule has 0 radical (unpaired) electrons. The van der Waals surface area contributed by atoms with Gasteiger partial charge in [0.1, 0.15) is 0 Å². The molecule has 3 aromatic rings. The second-order valence-corrected chi connectivity index (χ2v) is 9.37. The Morgan fingerprint density at radius 1 is 0.932 bits per heavy atom. The molecule has 0 spiro atoms. The lowest BCUT2D eigenvalue weighted by molar-refractivity contribution is -0.404. The van der Waals surface area contributed by atoms with Crippen LogP contribution >= 0.6 is 0 Å². The maximum absolute atomic E-state index is 11.2. The van der Waals surface area contributed by atoms with Crippen LogP contribution in [0.15, 0.2) is 76.7 Å². The second kappa shape index (κ2) is 14.7. The summed E-state index contributed by atoms with van der Waals surface area (Å²) in [5.74, 6) is -0.762. The van der Waals surface area contributed by atoms with Gasteiger partial charge in [0.05, 0.1) is 26.9 Å². The third-order valence-electron chi connectivity index (χ3n) is 6.22. The van der Waals surface area contributed by atoms with Crippen molar-refractivity contribution >= 4 is 40.6 Å². The Kier molecular flexibility index (Phi) is 10.8. The normalized spacial score (nSPS) is 13.9. The van der Waals surface area contributed by atoms with Gasteiger partial charge in [-0.1, -0.05) is 42.5 Å². The maximum atomic E-state index is 11.2. The molecular weight excluding hydrogens is 578 g/mol. The fourth-order valence-electron chi connectivity index (χ4n) is 4.19. The molecule has 0 bridgehead atoms. The minimum Gasteiger partial charge on any atom is -0.497 e. The van der Waals surface area contributed by atoms with E-state index in [9.17, 15) is 35.1 Å². The van der Waals surface area contributed by atoms with Gasteiger partial charge in [0.15, 0.2) is 6.17 Å². The highest BCUT2D eigenvalue weighted by Gasteiger charge is 2.30. The number of guanidine groups is 2. The van der Waals surface area contributed by atoms with Crippen molar-refractivity contribution < 1.29 is 24.7 Å². The molecule has 0 aromatic heterocycles. The Hall–Kier alpha value is -6.13. The van der Waals surface area contributed by atoms with Crippen LogP contribution in [0.3, 0.4) is 0 Å². The van der Waals surface area contributed by atoms with E-state index in [1.54, 1.807) is 0 Å². The fourth-order valence-corrected chi connectivity index (χ4v) is 4.19. The maximum Gasteiger partial charge on any atom is 0.324 e. The van der Waals surface area contributed by atoms with E-state index < -0.39 is 37.6 Å². The number of hydrogen-bond acceptors (Lipinski definition) is 13. The van der Waals surface area contributed by atoms with Crippen molar-refractivity contribution in [3.8, 4) is 5.75 Å². The average Bonchev–Trinajstić information content (AvgIpc) is 2.96. The zero-order valence-corrected chi connectivity index (χ0v) is 23.4. The Labute approximate surface area is 250 Å². The molecule has 0 saturated carbocycles. The van der Waals surface area contributed by atoms with E-state index in [1.165, 1.54) is 12.5 Å². The van der Waals surface area contributed by atoms with Gasteiger partial charge in [0, 0.05) is 19.2 Å². The third-order valence-corrected chi connectivity index (χ3v) is 6.22. The number of aromatic hydroxyl groups is 1. The predicted octanol–water partition coefficient (Wildman–Crippen LogP) is 3.73. The summed E-state index contributed by atoms with van der Waals surface area (Å²) in [6, 6.07) is 18.8. The molecule has 0 saturated heterocycles. The standard InChI is InChI=1S/C21H26N6O.C6H3N3O7/c1-15(28)24-18-12-10-17(11-13-18)19-25-20(22)26-21(23)27(19)14-6-5-9-16-7-3-2-4-8-16;10-6-4(8(13)14)1-3(7(11)12)2-5(6)9(15)16/h2-4,7-8,10-13,19H,5-6,9,14H2,1H3,(H,24,28)(H4,22,23,25,26);1-2,10H. The summed E-state index contributed by atoms with van der Waals surface area (Å²) in [4.78, 5) is 49.5. The lowest BCUT2D eigenvalue weighted by Gasteiger charge is -2.32. The highest BCUT2D eigenvalue weighted by molar-refractivity contribution is 5.95. The minimum atomic E-state index is -1.21. The van der Waals surface area contributed by atoms with Gasteiger partial charge in [-0.2, -0.15) is 4.99 Å². The van der Waals surface area contributed by atoms with E-state index in [0.29, 0.717) is 18.1 Å². The van der Waals surface area contributed by atoms with Crippen molar-refractivity contribution in [2.24, 2.45) is 21.5 Å². The van der Waals surface area contributed by atoms with E-state index in [0.717, 1.165) is 37.1 Å². The van der Waals surface area contributed by atoms with Crippen LogP contribution in [0.4, 0.5) is 22.7 Å². The van der Waals surface area contributed by atoms with E-state index in [2.05, 4.69) is 39.6 Å². The Bertz CT molecular complexity index is 1560. The van der Waals surface area contributed by atoms with Gasteiger partial charge in [0.25, 0.3) is 11.4 Å². The molecule has 1 atom stereocenters. The Balaban J connectivity index is 0.000000281. The minimum absolute atomic E-state index is 0.107. The summed E-state index contributed by atoms with van der Waals surface area (Å²) in [6.07, 6.45) is 2.70.